The van der Waals surface area contributed by atoms with Gasteiger partial charge >= 0.3 is 6.09 Å². The third kappa shape index (κ3) is 14.0. The summed E-state index contributed by atoms with van der Waals surface area (Å²) in [4.78, 5) is 60.1. The molecule has 0 saturated heterocycles. The summed E-state index contributed by atoms with van der Waals surface area (Å²) < 4.78 is 34.7. The number of carbonyl (C=O) groups excluding carboxylic acids is 4. The number of rotatable bonds is 18. The van der Waals surface area contributed by atoms with Crippen molar-refractivity contribution in [1.29, 1.82) is 0 Å². The fraction of sp³-hybridized carbons (Fsp3) is 0.625. The zero-order valence-electron chi connectivity index (χ0n) is 28.9. The van der Waals surface area contributed by atoms with Crippen LogP contribution in [0.25, 0.3) is 0 Å². The highest BCUT2D eigenvalue weighted by atomic mass is 32.2. The number of ether oxygens (including phenoxy) is 1. The minimum Gasteiger partial charge on any atom is -0.446 e. The summed E-state index contributed by atoms with van der Waals surface area (Å²) in [6, 6.07) is 0.314. The SMILES string of the molecule is Cc1nc(COC(=O)N[C@@H](CS(C)(=O)=O)C(=O)N[C@H](CC(C)C)[C@@H](O)C[C@@H](C)C(=O)N[C@@H](C(=O)NCc2cccnc2)C(C)C)c(C)o1. The molecule has 0 unspecified atom stereocenters. The van der Waals surface area contributed by atoms with Crippen LogP contribution in [0.15, 0.2) is 28.9 Å². The van der Waals surface area contributed by atoms with Gasteiger partial charge < -0.3 is 35.5 Å². The predicted octanol–water partition coefficient (Wildman–Crippen LogP) is 1.70. The summed E-state index contributed by atoms with van der Waals surface area (Å²) in [5.41, 5.74) is 1.17. The third-order valence-corrected chi connectivity index (χ3v) is 8.35. The number of aromatic nitrogens is 2. The average molecular weight is 695 g/mol. The molecule has 2 rings (SSSR count). The maximum atomic E-state index is 13.4. The second-order valence-electron chi connectivity index (χ2n) is 12.9. The molecule has 0 aliphatic rings. The van der Waals surface area contributed by atoms with Gasteiger partial charge in [0.2, 0.25) is 17.7 Å². The molecule has 0 spiro atoms. The molecule has 0 fully saturated rings. The number of aliphatic hydroxyl groups is 1. The zero-order valence-corrected chi connectivity index (χ0v) is 29.7. The third-order valence-electron chi connectivity index (χ3n) is 7.41. The van der Waals surface area contributed by atoms with Crippen molar-refractivity contribution in [2.45, 2.75) is 98.7 Å². The van der Waals surface area contributed by atoms with Crippen LogP contribution in [0.4, 0.5) is 4.79 Å². The van der Waals surface area contributed by atoms with Crippen molar-refractivity contribution in [2.24, 2.45) is 17.8 Å². The van der Waals surface area contributed by atoms with E-state index in [2.05, 4.69) is 31.2 Å². The Labute approximate surface area is 282 Å². The van der Waals surface area contributed by atoms with Crippen LogP contribution in [-0.4, -0.2) is 83.5 Å². The van der Waals surface area contributed by atoms with Gasteiger partial charge in [0.05, 0.1) is 17.9 Å². The van der Waals surface area contributed by atoms with Gasteiger partial charge in [-0.15, -0.1) is 0 Å². The van der Waals surface area contributed by atoms with Gasteiger partial charge in [0.15, 0.2) is 5.89 Å². The lowest BCUT2D eigenvalue weighted by Crippen LogP contribution is -2.55. The lowest BCUT2D eigenvalue weighted by atomic mass is 9.91. The zero-order chi connectivity index (χ0) is 36.2. The van der Waals surface area contributed by atoms with Gasteiger partial charge in [-0.05, 0) is 43.2 Å². The molecule has 5 atom stereocenters. The molecule has 0 aromatic carbocycles. The molecular formula is C32H50N6O9S. The highest BCUT2D eigenvalue weighted by Crippen LogP contribution is 2.17. The minimum absolute atomic E-state index is 0.0108. The molecule has 48 heavy (non-hydrogen) atoms. The van der Waals surface area contributed by atoms with Crippen LogP contribution in [0.2, 0.25) is 0 Å². The Morgan fingerprint density at radius 2 is 1.67 bits per heavy atom. The van der Waals surface area contributed by atoms with Gasteiger partial charge in [-0.3, -0.25) is 19.4 Å². The number of carbonyl (C=O) groups is 4. The number of nitrogens with zero attached hydrogens (tertiary/aromatic N) is 2. The summed E-state index contributed by atoms with van der Waals surface area (Å²) in [6.07, 6.45) is 2.12. The molecule has 0 aliphatic carbocycles. The first-order chi connectivity index (χ1) is 22.4. The summed E-state index contributed by atoms with van der Waals surface area (Å²) in [7, 11) is -3.75. The highest BCUT2D eigenvalue weighted by Gasteiger charge is 2.33. The summed E-state index contributed by atoms with van der Waals surface area (Å²) in [5, 5.41) is 21.7. The van der Waals surface area contributed by atoms with E-state index in [1.54, 1.807) is 53.1 Å². The molecule has 268 valence electrons. The monoisotopic (exact) mass is 694 g/mol. The number of aryl methyl sites for hydroxylation is 2. The van der Waals surface area contributed by atoms with E-state index in [1.807, 2.05) is 19.9 Å². The molecule has 5 N–H and O–H groups in total. The molecule has 0 saturated carbocycles. The highest BCUT2D eigenvalue weighted by molar-refractivity contribution is 7.90. The number of hydrogen-bond donors (Lipinski definition) is 5. The van der Waals surface area contributed by atoms with E-state index in [1.165, 1.54) is 0 Å². The van der Waals surface area contributed by atoms with Crippen LogP contribution < -0.4 is 21.3 Å². The molecule has 0 aliphatic heterocycles. The van der Waals surface area contributed by atoms with E-state index in [4.69, 9.17) is 9.15 Å². The molecule has 2 aromatic rings. The van der Waals surface area contributed by atoms with Crippen molar-refractivity contribution in [2.75, 3.05) is 12.0 Å². The van der Waals surface area contributed by atoms with Gasteiger partial charge in [-0.1, -0.05) is 40.7 Å². The number of sulfone groups is 1. The normalized spacial score (nSPS) is 14.8. The van der Waals surface area contributed by atoms with E-state index in [9.17, 15) is 32.7 Å². The van der Waals surface area contributed by atoms with E-state index in [-0.39, 0.29) is 43.7 Å². The van der Waals surface area contributed by atoms with Crippen LogP contribution in [0.1, 0.15) is 70.4 Å². The summed E-state index contributed by atoms with van der Waals surface area (Å²) in [5.74, 6) is -2.58. The number of hydrogen-bond acceptors (Lipinski definition) is 11. The van der Waals surface area contributed by atoms with Crippen molar-refractivity contribution in [3.05, 3.63) is 47.4 Å². The van der Waals surface area contributed by atoms with Gasteiger partial charge in [0.1, 0.15) is 40.0 Å². The van der Waals surface area contributed by atoms with E-state index in [0.717, 1.165) is 11.8 Å². The number of nitrogens with one attached hydrogen (secondary N) is 4. The quantitative estimate of drug-likeness (QED) is 0.151. The fourth-order valence-corrected chi connectivity index (χ4v) is 5.72. The Kier molecular flexibility index (Phi) is 15.5. The summed E-state index contributed by atoms with van der Waals surface area (Å²) in [6.45, 7) is 12.2. The maximum absolute atomic E-state index is 13.4. The number of aliphatic hydroxyl groups excluding tert-OH is 1. The molecule has 15 nitrogen and oxygen atoms in total. The minimum atomic E-state index is -3.75. The average Bonchev–Trinajstić information content (AvgIpc) is 3.32. The van der Waals surface area contributed by atoms with Gasteiger partial charge in [-0.25, -0.2) is 18.2 Å². The Hall–Kier alpha value is -4.05. The van der Waals surface area contributed by atoms with Crippen molar-refractivity contribution in [1.82, 2.24) is 31.2 Å². The number of amides is 4. The molecule has 0 bridgehead atoms. The van der Waals surface area contributed by atoms with E-state index >= 15 is 0 Å². The maximum Gasteiger partial charge on any atom is 0.408 e. The lowest BCUT2D eigenvalue weighted by Gasteiger charge is -2.30. The first-order valence-electron chi connectivity index (χ1n) is 15.9. The van der Waals surface area contributed by atoms with Crippen LogP contribution in [0.3, 0.4) is 0 Å². The smallest absolute Gasteiger partial charge is 0.408 e. The van der Waals surface area contributed by atoms with Crippen LogP contribution in [0, 0.1) is 31.6 Å². The topological polar surface area (TPSA) is 219 Å². The number of pyridine rings is 1. The largest absolute Gasteiger partial charge is 0.446 e. The Balaban J connectivity index is 2.07. The molecule has 2 heterocycles. The van der Waals surface area contributed by atoms with Crippen molar-refractivity contribution in [3.8, 4) is 0 Å². The molecule has 4 amide bonds. The Morgan fingerprint density at radius 1 is 0.979 bits per heavy atom. The van der Waals surface area contributed by atoms with Crippen molar-refractivity contribution < 1.29 is 41.9 Å². The lowest BCUT2D eigenvalue weighted by molar-refractivity contribution is -0.132. The van der Waals surface area contributed by atoms with Crippen molar-refractivity contribution in [3.63, 3.8) is 0 Å². The molecule has 2 aromatic heterocycles. The van der Waals surface area contributed by atoms with Gasteiger partial charge in [0.25, 0.3) is 0 Å². The molecule has 16 heteroatoms. The number of alkyl carbamates (subject to hydrolysis) is 1. The van der Waals surface area contributed by atoms with Crippen LogP contribution in [-0.2, 0) is 42.1 Å². The predicted molar refractivity (Wildman–Crippen MR) is 177 cm³/mol. The van der Waals surface area contributed by atoms with Gasteiger partial charge in [0, 0.05) is 38.0 Å². The molecule has 0 radical (unpaired) electrons. The van der Waals surface area contributed by atoms with Crippen molar-refractivity contribution >= 4 is 33.7 Å². The second-order valence-corrected chi connectivity index (χ2v) is 15.0. The summed E-state index contributed by atoms with van der Waals surface area (Å²) >= 11 is 0. The number of oxazole rings is 1. The van der Waals surface area contributed by atoms with Crippen LogP contribution >= 0.6 is 0 Å². The van der Waals surface area contributed by atoms with Gasteiger partial charge in [-0.2, -0.15) is 0 Å². The van der Waals surface area contributed by atoms with Crippen LogP contribution in [0.5, 0.6) is 0 Å². The molecular weight excluding hydrogens is 644 g/mol. The van der Waals surface area contributed by atoms with E-state index in [0.29, 0.717) is 17.3 Å². The van der Waals surface area contributed by atoms with E-state index < -0.39 is 63.6 Å². The Morgan fingerprint density at radius 3 is 2.21 bits per heavy atom. The first-order valence-corrected chi connectivity index (χ1v) is 17.9. The second kappa shape index (κ2) is 18.5. The Bertz CT molecular complexity index is 1480. The standard InChI is InChI=1S/C32H50N6O9S/c1-18(2)12-24(36-30(41)26(17-48(8,44)45)37-32(43)46-16-25-21(6)47-22(7)35-25)27(39)13-20(5)29(40)38-28(19(3)4)31(42)34-15-23-10-9-11-33-14-23/h9-11,14,18-20,24,26-28,39H,12-13,15-17H2,1-8H3,(H,34,42)(H,36,41)(H,37,43)(H,38,40)/t20-,24-,26+,27+,28-/m1/s1. The first kappa shape index (κ1) is 40.1. The fourth-order valence-electron chi connectivity index (χ4n) is 4.88.